The number of carbonyl (C=O) groups excluding carboxylic acids is 1. The fourth-order valence-electron chi connectivity index (χ4n) is 3.25. The number of hydrogen-bond donors (Lipinski definition) is 2. The molecule has 4 nitrogen and oxygen atoms in total. The SMILES string of the molecule is O=C(NC1CC2CNC1C2)c1cc2ccsc2cn1. The van der Waals surface area contributed by atoms with Gasteiger partial charge in [0.15, 0.2) is 0 Å². The van der Waals surface area contributed by atoms with E-state index in [1.165, 1.54) is 6.42 Å². The molecule has 3 atom stereocenters. The van der Waals surface area contributed by atoms with E-state index in [2.05, 4.69) is 15.6 Å². The van der Waals surface area contributed by atoms with Crippen molar-refractivity contribution in [2.75, 3.05) is 6.54 Å². The molecule has 2 N–H and O–H groups in total. The number of fused-ring (bicyclic) bond motifs is 3. The maximum absolute atomic E-state index is 12.2. The summed E-state index contributed by atoms with van der Waals surface area (Å²) >= 11 is 1.65. The third kappa shape index (κ3) is 1.93. The largest absolute Gasteiger partial charge is 0.346 e. The molecule has 1 saturated carbocycles. The van der Waals surface area contributed by atoms with E-state index in [1.807, 2.05) is 17.5 Å². The molecule has 1 saturated heterocycles. The number of thiophene rings is 1. The maximum atomic E-state index is 12.2. The van der Waals surface area contributed by atoms with E-state index in [0.717, 1.165) is 29.0 Å². The van der Waals surface area contributed by atoms with Crippen molar-refractivity contribution in [2.45, 2.75) is 24.9 Å². The minimum atomic E-state index is -0.0487. The summed E-state index contributed by atoms with van der Waals surface area (Å²) in [6.07, 6.45) is 4.08. The predicted octanol–water partition coefficient (Wildman–Crippen LogP) is 1.78. The summed E-state index contributed by atoms with van der Waals surface area (Å²) in [4.78, 5) is 16.5. The minimum Gasteiger partial charge on any atom is -0.346 e. The van der Waals surface area contributed by atoms with E-state index in [1.54, 1.807) is 17.5 Å². The highest BCUT2D eigenvalue weighted by Crippen LogP contribution is 2.31. The lowest BCUT2D eigenvalue weighted by Crippen LogP contribution is -2.48. The molecule has 1 amide bonds. The van der Waals surface area contributed by atoms with Crippen LogP contribution in [0.3, 0.4) is 0 Å². The van der Waals surface area contributed by atoms with Crippen molar-refractivity contribution in [2.24, 2.45) is 5.92 Å². The van der Waals surface area contributed by atoms with Crippen LogP contribution in [0.15, 0.2) is 23.7 Å². The number of pyridine rings is 1. The zero-order chi connectivity index (χ0) is 12.8. The summed E-state index contributed by atoms with van der Waals surface area (Å²) in [7, 11) is 0. The molecule has 98 valence electrons. The number of carbonyl (C=O) groups is 1. The Bertz CT molecular complexity index is 638. The molecule has 19 heavy (non-hydrogen) atoms. The molecule has 3 heterocycles. The van der Waals surface area contributed by atoms with Gasteiger partial charge in [0.25, 0.3) is 5.91 Å². The van der Waals surface area contributed by atoms with Crippen molar-refractivity contribution in [3.8, 4) is 0 Å². The van der Waals surface area contributed by atoms with Gasteiger partial charge in [-0.15, -0.1) is 11.3 Å². The first-order valence-corrected chi connectivity index (χ1v) is 7.55. The van der Waals surface area contributed by atoms with E-state index in [-0.39, 0.29) is 11.9 Å². The van der Waals surface area contributed by atoms with Crippen LogP contribution in [0.4, 0.5) is 0 Å². The molecule has 2 aromatic heterocycles. The second-order valence-corrected chi connectivity index (χ2v) is 6.41. The van der Waals surface area contributed by atoms with Crippen LogP contribution in [0.2, 0.25) is 0 Å². The van der Waals surface area contributed by atoms with Crippen molar-refractivity contribution < 1.29 is 4.79 Å². The van der Waals surface area contributed by atoms with Crippen molar-refractivity contribution in [3.05, 3.63) is 29.4 Å². The quantitative estimate of drug-likeness (QED) is 0.877. The Morgan fingerprint density at radius 1 is 1.47 bits per heavy atom. The number of nitrogens with one attached hydrogen (secondary N) is 2. The van der Waals surface area contributed by atoms with Crippen LogP contribution in [0.5, 0.6) is 0 Å². The Morgan fingerprint density at radius 3 is 3.21 bits per heavy atom. The van der Waals surface area contributed by atoms with Gasteiger partial charge in [0.2, 0.25) is 0 Å². The average molecular weight is 273 g/mol. The fraction of sp³-hybridized carbons (Fsp3) is 0.429. The van der Waals surface area contributed by atoms with Crippen LogP contribution in [-0.2, 0) is 0 Å². The summed E-state index contributed by atoms with van der Waals surface area (Å²) in [5, 5.41) is 9.69. The number of aromatic nitrogens is 1. The number of hydrogen-bond acceptors (Lipinski definition) is 4. The van der Waals surface area contributed by atoms with E-state index < -0.39 is 0 Å². The van der Waals surface area contributed by atoms with E-state index in [4.69, 9.17) is 0 Å². The summed E-state index contributed by atoms with van der Waals surface area (Å²) in [5.74, 6) is 0.690. The minimum absolute atomic E-state index is 0.0487. The summed E-state index contributed by atoms with van der Waals surface area (Å²) in [6, 6.07) is 4.63. The van der Waals surface area contributed by atoms with Crippen LogP contribution < -0.4 is 10.6 Å². The number of nitrogens with zero attached hydrogens (tertiary/aromatic N) is 1. The highest BCUT2D eigenvalue weighted by atomic mass is 32.1. The molecular weight excluding hydrogens is 258 g/mol. The van der Waals surface area contributed by atoms with Gasteiger partial charge in [-0.25, -0.2) is 4.98 Å². The molecule has 2 fully saturated rings. The van der Waals surface area contributed by atoms with E-state index >= 15 is 0 Å². The Morgan fingerprint density at radius 2 is 2.42 bits per heavy atom. The Balaban J connectivity index is 1.53. The zero-order valence-electron chi connectivity index (χ0n) is 10.4. The van der Waals surface area contributed by atoms with Gasteiger partial charge in [-0.3, -0.25) is 4.79 Å². The maximum Gasteiger partial charge on any atom is 0.270 e. The summed E-state index contributed by atoms with van der Waals surface area (Å²) in [6.45, 7) is 1.11. The van der Waals surface area contributed by atoms with Crippen LogP contribution >= 0.6 is 11.3 Å². The Kier molecular flexibility index (Phi) is 2.56. The number of rotatable bonds is 2. The van der Waals surface area contributed by atoms with Gasteiger partial charge < -0.3 is 10.6 Å². The van der Waals surface area contributed by atoms with Gasteiger partial charge in [-0.1, -0.05) is 0 Å². The van der Waals surface area contributed by atoms with Crippen molar-refractivity contribution in [3.63, 3.8) is 0 Å². The third-order valence-electron chi connectivity index (χ3n) is 4.22. The topological polar surface area (TPSA) is 54.0 Å². The molecule has 0 aromatic carbocycles. The monoisotopic (exact) mass is 273 g/mol. The molecule has 1 aliphatic heterocycles. The van der Waals surface area contributed by atoms with Gasteiger partial charge in [-0.05, 0) is 48.2 Å². The van der Waals surface area contributed by atoms with E-state index in [9.17, 15) is 4.79 Å². The highest BCUT2D eigenvalue weighted by Gasteiger charge is 2.40. The zero-order valence-corrected chi connectivity index (χ0v) is 11.2. The first kappa shape index (κ1) is 11.4. The third-order valence-corrected chi connectivity index (χ3v) is 5.09. The van der Waals surface area contributed by atoms with Gasteiger partial charge in [0.1, 0.15) is 5.69 Å². The molecule has 2 bridgehead atoms. The standard InChI is InChI=1S/C14H15N3OS/c18-14(17-11-4-8-3-10(11)15-6-8)12-5-9-1-2-19-13(9)7-16-12/h1-2,5,7-8,10-11,15H,3-4,6H2,(H,17,18). The normalized spacial score (nSPS) is 28.9. The van der Waals surface area contributed by atoms with Crippen LogP contribution in [0.25, 0.3) is 10.1 Å². The molecule has 0 spiro atoms. The van der Waals surface area contributed by atoms with Crippen LogP contribution in [-0.4, -0.2) is 29.5 Å². The Labute approximate surface area is 115 Å². The van der Waals surface area contributed by atoms with Crippen molar-refractivity contribution >= 4 is 27.3 Å². The lowest BCUT2D eigenvalue weighted by atomic mass is 10.1. The highest BCUT2D eigenvalue weighted by molar-refractivity contribution is 7.17. The van der Waals surface area contributed by atoms with Crippen LogP contribution in [0, 0.1) is 5.92 Å². The molecule has 2 aromatic rings. The number of amides is 1. The summed E-state index contributed by atoms with van der Waals surface area (Å²) < 4.78 is 1.12. The average Bonchev–Trinajstić information content (AvgIpc) is 3.13. The molecule has 4 rings (SSSR count). The van der Waals surface area contributed by atoms with Gasteiger partial charge in [0.05, 0.1) is 4.70 Å². The predicted molar refractivity (Wildman–Crippen MR) is 75.4 cm³/mol. The lowest BCUT2D eigenvalue weighted by Gasteiger charge is -2.23. The Hall–Kier alpha value is -1.46. The van der Waals surface area contributed by atoms with Crippen molar-refractivity contribution in [1.82, 2.24) is 15.6 Å². The summed E-state index contributed by atoms with van der Waals surface area (Å²) in [5.41, 5.74) is 0.522. The molecule has 1 aliphatic carbocycles. The van der Waals surface area contributed by atoms with E-state index in [0.29, 0.717) is 11.7 Å². The lowest BCUT2D eigenvalue weighted by molar-refractivity contribution is 0.0923. The van der Waals surface area contributed by atoms with Crippen LogP contribution in [0.1, 0.15) is 23.3 Å². The first-order valence-electron chi connectivity index (χ1n) is 6.67. The molecule has 3 unspecified atom stereocenters. The van der Waals surface area contributed by atoms with Crippen molar-refractivity contribution in [1.29, 1.82) is 0 Å². The first-order chi connectivity index (χ1) is 9.29. The molecular formula is C14H15N3OS. The van der Waals surface area contributed by atoms with Gasteiger partial charge in [0, 0.05) is 18.3 Å². The van der Waals surface area contributed by atoms with Gasteiger partial charge >= 0.3 is 0 Å². The molecule has 5 heteroatoms. The second kappa shape index (κ2) is 4.28. The smallest absolute Gasteiger partial charge is 0.270 e. The second-order valence-electron chi connectivity index (χ2n) is 5.46. The molecule has 0 radical (unpaired) electrons. The molecule has 2 aliphatic rings. The number of piperidine rings is 1. The van der Waals surface area contributed by atoms with Gasteiger partial charge in [-0.2, -0.15) is 0 Å². The fourth-order valence-corrected chi connectivity index (χ4v) is 3.98.